The molecule has 14 heavy (non-hydrogen) atoms. The lowest BCUT2D eigenvalue weighted by molar-refractivity contribution is -0.135. The van der Waals surface area contributed by atoms with Gasteiger partial charge in [-0.1, -0.05) is 6.08 Å². The Hall–Kier alpha value is -1.32. The summed E-state index contributed by atoms with van der Waals surface area (Å²) in [6.45, 7) is 9.25. The molecule has 2 amide bonds. The zero-order valence-electron chi connectivity index (χ0n) is 9.04. The van der Waals surface area contributed by atoms with Crippen LogP contribution in [0.3, 0.4) is 0 Å². The Labute approximate surface area is 85.0 Å². The fourth-order valence-electron chi connectivity index (χ4n) is 1.05. The van der Waals surface area contributed by atoms with Crippen molar-refractivity contribution in [3.63, 3.8) is 0 Å². The third kappa shape index (κ3) is 4.64. The zero-order chi connectivity index (χ0) is 11.1. The van der Waals surface area contributed by atoms with Crippen molar-refractivity contribution in [2.75, 3.05) is 13.1 Å². The highest BCUT2D eigenvalue weighted by atomic mass is 16.2. The Bertz CT molecular complexity index is 224. The molecular weight excluding hydrogens is 180 g/mol. The topological polar surface area (TPSA) is 49.4 Å². The first kappa shape index (κ1) is 12.7. The molecule has 0 aliphatic carbocycles. The highest BCUT2D eigenvalue weighted by Crippen LogP contribution is 1.97. The van der Waals surface area contributed by atoms with E-state index in [2.05, 4.69) is 11.9 Å². The molecule has 0 heterocycles. The van der Waals surface area contributed by atoms with Crippen LogP contribution < -0.4 is 5.32 Å². The van der Waals surface area contributed by atoms with Crippen molar-refractivity contribution in [2.45, 2.75) is 26.8 Å². The van der Waals surface area contributed by atoms with Gasteiger partial charge < -0.3 is 10.2 Å². The lowest BCUT2D eigenvalue weighted by Gasteiger charge is -2.24. The summed E-state index contributed by atoms with van der Waals surface area (Å²) in [4.78, 5) is 23.9. The highest BCUT2D eigenvalue weighted by molar-refractivity contribution is 5.83. The molecule has 0 fully saturated rings. The van der Waals surface area contributed by atoms with Gasteiger partial charge in [-0.05, 0) is 13.8 Å². The van der Waals surface area contributed by atoms with Gasteiger partial charge >= 0.3 is 0 Å². The maximum Gasteiger partial charge on any atom is 0.239 e. The fraction of sp³-hybridized carbons (Fsp3) is 0.600. The van der Waals surface area contributed by atoms with Crippen LogP contribution in [0.1, 0.15) is 20.8 Å². The zero-order valence-corrected chi connectivity index (χ0v) is 9.04. The number of rotatable bonds is 5. The van der Waals surface area contributed by atoms with Crippen LogP contribution in [-0.2, 0) is 9.59 Å². The van der Waals surface area contributed by atoms with Crippen molar-refractivity contribution in [3.8, 4) is 0 Å². The Morgan fingerprint density at radius 1 is 1.50 bits per heavy atom. The summed E-state index contributed by atoms with van der Waals surface area (Å²) in [5.74, 6) is -0.248. The van der Waals surface area contributed by atoms with Gasteiger partial charge in [-0.3, -0.25) is 9.59 Å². The van der Waals surface area contributed by atoms with Gasteiger partial charge in [-0.25, -0.2) is 0 Å². The van der Waals surface area contributed by atoms with E-state index in [0.717, 1.165) is 0 Å². The predicted molar refractivity (Wildman–Crippen MR) is 55.7 cm³/mol. The van der Waals surface area contributed by atoms with Crippen LogP contribution in [0, 0.1) is 0 Å². The van der Waals surface area contributed by atoms with Gasteiger partial charge in [0.1, 0.15) is 0 Å². The lowest BCUT2D eigenvalue weighted by atomic mass is 10.3. The molecule has 0 aromatic carbocycles. The quantitative estimate of drug-likeness (QED) is 0.656. The molecule has 0 saturated carbocycles. The summed E-state index contributed by atoms with van der Waals surface area (Å²) in [5, 5.41) is 2.62. The normalized spacial score (nSPS) is 9.71. The molecule has 0 unspecified atom stereocenters. The van der Waals surface area contributed by atoms with Crippen molar-refractivity contribution in [1.29, 1.82) is 0 Å². The first-order chi connectivity index (χ1) is 6.49. The molecule has 0 aromatic heterocycles. The Morgan fingerprint density at radius 3 is 2.43 bits per heavy atom. The third-order valence-corrected chi connectivity index (χ3v) is 1.79. The second-order valence-corrected chi connectivity index (χ2v) is 3.33. The minimum absolute atomic E-state index is 0.0435. The summed E-state index contributed by atoms with van der Waals surface area (Å²) in [5.41, 5.74) is 0. The molecule has 0 rings (SSSR count). The molecule has 4 nitrogen and oxygen atoms in total. The number of hydrogen-bond acceptors (Lipinski definition) is 2. The van der Waals surface area contributed by atoms with E-state index in [1.165, 1.54) is 11.8 Å². The number of carbonyl (C=O) groups excluding carboxylic acids is 2. The third-order valence-electron chi connectivity index (χ3n) is 1.79. The molecule has 0 spiro atoms. The molecule has 0 aliphatic rings. The van der Waals surface area contributed by atoms with Crippen molar-refractivity contribution in [1.82, 2.24) is 10.2 Å². The van der Waals surface area contributed by atoms with Crippen molar-refractivity contribution < 1.29 is 9.59 Å². The van der Waals surface area contributed by atoms with Gasteiger partial charge in [0.2, 0.25) is 11.8 Å². The van der Waals surface area contributed by atoms with Crippen LogP contribution in [0.5, 0.6) is 0 Å². The highest BCUT2D eigenvalue weighted by Gasteiger charge is 2.15. The maximum absolute atomic E-state index is 11.3. The van der Waals surface area contributed by atoms with Gasteiger partial charge in [-0.2, -0.15) is 0 Å². The summed E-state index contributed by atoms with van der Waals surface area (Å²) in [6.07, 6.45) is 1.60. The molecule has 0 aliphatic heterocycles. The minimum Gasteiger partial charge on any atom is -0.351 e. The van der Waals surface area contributed by atoms with Crippen LogP contribution in [0.2, 0.25) is 0 Å². The van der Waals surface area contributed by atoms with E-state index >= 15 is 0 Å². The second-order valence-electron chi connectivity index (χ2n) is 3.33. The van der Waals surface area contributed by atoms with E-state index < -0.39 is 0 Å². The van der Waals surface area contributed by atoms with Crippen molar-refractivity contribution in [2.24, 2.45) is 0 Å². The number of nitrogens with zero attached hydrogens (tertiary/aromatic N) is 1. The molecule has 0 aromatic rings. The standard InChI is InChI=1S/C10H18N2O2/c1-5-6-11-10(14)7-12(8(2)3)9(4)13/h5,8H,1,6-7H2,2-4H3,(H,11,14). The fourth-order valence-corrected chi connectivity index (χ4v) is 1.05. The molecule has 0 saturated heterocycles. The summed E-state index contributed by atoms with van der Waals surface area (Å²) >= 11 is 0. The largest absolute Gasteiger partial charge is 0.351 e. The number of nitrogens with one attached hydrogen (secondary N) is 1. The van der Waals surface area contributed by atoms with E-state index in [1.807, 2.05) is 13.8 Å². The molecule has 1 N–H and O–H groups in total. The first-order valence-corrected chi connectivity index (χ1v) is 4.63. The Kier molecular flexibility index (Phi) is 5.60. The number of hydrogen-bond donors (Lipinski definition) is 1. The van der Waals surface area contributed by atoms with Gasteiger partial charge in [-0.15, -0.1) is 6.58 Å². The summed E-state index contributed by atoms with van der Waals surface area (Å²) in [7, 11) is 0. The average Bonchev–Trinajstić information content (AvgIpc) is 2.09. The second kappa shape index (κ2) is 6.18. The van der Waals surface area contributed by atoms with Gasteiger partial charge in [0.25, 0.3) is 0 Å². The SMILES string of the molecule is C=CCNC(=O)CN(C(C)=O)C(C)C. The molecule has 0 bridgehead atoms. The maximum atomic E-state index is 11.3. The minimum atomic E-state index is -0.159. The molecule has 80 valence electrons. The smallest absolute Gasteiger partial charge is 0.239 e. The van der Waals surface area contributed by atoms with Crippen molar-refractivity contribution in [3.05, 3.63) is 12.7 Å². The Morgan fingerprint density at radius 2 is 2.07 bits per heavy atom. The molecule has 0 radical (unpaired) electrons. The summed E-state index contributed by atoms with van der Waals surface area (Å²) < 4.78 is 0. The number of amides is 2. The van der Waals surface area contributed by atoms with Gasteiger partial charge in [0, 0.05) is 19.5 Å². The molecule has 0 atom stereocenters. The van der Waals surface area contributed by atoms with Crippen LogP contribution >= 0.6 is 0 Å². The van der Waals surface area contributed by atoms with Crippen LogP contribution in [0.4, 0.5) is 0 Å². The molecule has 4 heteroatoms. The number of carbonyl (C=O) groups is 2. The molecular formula is C10H18N2O2. The van der Waals surface area contributed by atoms with Crippen LogP contribution in [0.25, 0.3) is 0 Å². The van der Waals surface area contributed by atoms with Gasteiger partial charge in [0.15, 0.2) is 0 Å². The van der Waals surface area contributed by atoms with E-state index in [0.29, 0.717) is 6.54 Å². The average molecular weight is 198 g/mol. The van der Waals surface area contributed by atoms with E-state index in [1.54, 1.807) is 6.08 Å². The first-order valence-electron chi connectivity index (χ1n) is 4.63. The van der Waals surface area contributed by atoms with E-state index in [9.17, 15) is 9.59 Å². The van der Waals surface area contributed by atoms with Crippen LogP contribution in [0.15, 0.2) is 12.7 Å². The van der Waals surface area contributed by atoms with Crippen molar-refractivity contribution >= 4 is 11.8 Å². The van der Waals surface area contributed by atoms with E-state index in [4.69, 9.17) is 0 Å². The van der Waals surface area contributed by atoms with E-state index in [-0.39, 0.29) is 24.4 Å². The lowest BCUT2D eigenvalue weighted by Crippen LogP contribution is -2.43. The van der Waals surface area contributed by atoms with Crippen LogP contribution in [-0.4, -0.2) is 35.8 Å². The Balaban J connectivity index is 4.09. The summed E-state index contributed by atoms with van der Waals surface area (Å²) in [6, 6.07) is 0.0435. The monoisotopic (exact) mass is 198 g/mol. The van der Waals surface area contributed by atoms with Gasteiger partial charge in [0.05, 0.1) is 6.54 Å². The predicted octanol–water partition coefficient (Wildman–Crippen LogP) is 0.545.